The molecule has 0 heterocycles. The van der Waals surface area contributed by atoms with Crippen molar-refractivity contribution in [2.24, 2.45) is 0 Å². The van der Waals surface area contributed by atoms with E-state index in [2.05, 4.69) is 5.32 Å². The molecule has 0 spiro atoms. The van der Waals surface area contributed by atoms with Crippen molar-refractivity contribution in [3.63, 3.8) is 0 Å². The van der Waals surface area contributed by atoms with Crippen LogP contribution < -0.4 is 14.4 Å². The number of nitrogens with zero attached hydrogens (tertiary/aromatic N) is 2. The molecule has 41 heavy (non-hydrogen) atoms. The van der Waals surface area contributed by atoms with E-state index in [9.17, 15) is 22.4 Å². The van der Waals surface area contributed by atoms with Crippen LogP contribution in [0, 0.1) is 12.7 Å². The minimum absolute atomic E-state index is 0.0616. The lowest BCUT2D eigenvalue weighted by Crippen LogP contribution is -2.51. The number of halogens is 1. The first-order valence-electron chi connectivity index (χ1n) is 13.7. The number of benzene rings is 3. The van der Waals surface area contributed by atoms with Crippen LogP contribution in [0.15, 0.2) is 77.7 Å². The fraction of sp³-hybridized carbons (Fsp3) is 0.355. The number of aryl methyl sites for hydroxylation is 1. The number of carbonyl (C=O) groups excluding carboxylic acids is 2. The average molecular weight is 584 g/mol. The van der Waals surface area contributed by atoms with Crippen LogP contribution >= 0.6 is 0 Å². The normalized spacial score (nSPS) is 11.9. The van der Waals surface area contributed by atoms with Gasteiger partial charge in [-0.25, -0.2) is 12.8 Å². The number of ether oxygens (including phenoxy) is 1. The van der Waals surface area contributed by atoms with Crippen LogP contribution in [0.3, 0.4) is 0 Å². The summed E-state index contributed by atoms with van der Waals surface area (Å²) < 4.78 is 47.9. The van der Waals surface area contributed by atoms with Crippen molar-refractivity contribution in [1.29, 1.82) is 0 Å². The van der Waals surface area contributed by atoms with E-state index in [1.54, 1.807) is 6.92 Å². The average Bonchev–Trinajstić information content (AvgIpc) is 2.96. The largest absolute Gasteiger partial charge is 0.494 e. The highest BCUT2D eigenvalue weighted by Gasteiger charge is 2.32. The van der Waals surface area contributed by atoms with Crippen LogP contribution in [0.25, 0.3) is 0 Å². The van der Waals surface area contributed by atoms with E-state index < -0.39 is 34.3 Å². The van der Waals surface area contributed by atoms with Crippen LogP contribution in [0.5, 0.6) is 5.75 Å². The quantitative estimate of drug-likeness (QED) is 0.268. The van der Waals surface area contributed by atoms with Gasteiger partial charge < -0.3 is 15.0 Å². The zero-order valence-electron chi connectivity index (χ0n) is 24.0. The zero-order chi connectivity index (χ0) is 30.0. The molecule has 1 atom stereocenters. The number of unbranched alkanes of at least 4 members (excludes halogenated alkanes) is 1. The number of hydrogen-bond donors (Lipinski definition) is 1. The van der Waals surface area contributed by atoms with Gasteiger partial charge in [0.25, 0.3) is 10.0 Å². The number of anilines is 1. The van der Waals surface area contributed by atoms with Crippen molar-refractivity contribution in [1.82, 2.24) is 10.2 Å². The molecule has 8 nitrogen and oxygen atoms in total. The highest BCUT2D eigenvalue weighted by Crippen LogP contribution is 2.26. The van der Waals surface area contributed by atoms with Crippen LogP contribution in [0.2, 0.25) is 0 Å². The summed E-state index contributed by atoms with van der Waals surface area (Å²) in [5.41, 5.74) is 1.95. The third kappa shape index (κ3) is 8.53. The molecule has 0 saturated heterocycles. The summed E-state index contributed by atoms with van der Waals surface area (Å²) in [6.07, 6.45) is 1.69. The van der Waals surface area contributed by atoms with Crippen LogP contribution in [0.4, 0.5) is 10.1 Å². The molecule has 0 fully saturated rings. The van der Waals surface area contributed by atoms with Crippen LogP contribution in [0.1, 0.15) is 44.7 Å². The summed E-state index contributed by atoms with van der Waals surface area (Å²) >= 11 is 0. The molecule has 0 bridgehead atoms. The number of carbonyl (C=O) groups is 2. The number of hydrogen-bond acceptors (Lipinski definition) is 5. The first kappa shape index (κ1) is 31.6. The Kier molecular flexibility index (Phi) is 11.3. The van der Waals surface area contributed by atoms with Crippen molar-refractivity contribution in [3.05, 3.63) is 89.7 Å². The van der Waals surface area contributed by atoms with E-state index in [0.29, 0.717) is 18.9 Å². The number of rotatable bonds is 14. The molecule has 1 N–H and O–H groups in total. The Morgan fingerprint density at radius 2 is 1.59 bits per heavy atom. The fourth-order valence-corrected chi connectivity index (χ4v) is 5.56. The van der Waals surface area contributed by atoms with Gasteiger partial charge in [0.1, 0.15) is 24.2 Å². The van der Waals surface area contributed by atoms with E-state index in [1.165, 1.54) is 41.3 Å². The molecular weight excluding hydrogens is 545 g/mol. The summed E-state index contributed by atoms with van der Waals surface area (Å²) in [4.78, 5) is 28.2. The second-order valence-corrected chi connectivity index (χ2v) is 11.6. The Hall–Kier alpha value is -3.92. The third-order valence-electron chi connectivity index (χ3n) is 6.59. The van der Waals surface area contributed by atoms with Crippen molar-refractivity contribution in [3.8, 4) is 5.75 Å². The van der Waals surface area contributed by atoms with Crippen molar-refractivity contribution >= 4 is 27.5 Å². The van der Waals surface area contributed by atoms with Gasteiger partial charge in [0.2, 0.25) is 11.8 Å². The summed E-state index contributed by atoms with van der Waals surface area (Å²) in [5.74, 6) is -0.955. The second-order valence-electron chi connectivity index (χ2n) is 9.72. The van der Waals surface area contributed by atoms with Crippen molar-refractivity contribution in [2.75, 3.05) is 24.0 Å². The van der Waals surface area contributed by atoms with Crippen LogP contribution in [-0.2, 0) is 26.2 Å². The maximum absolute atomic E-state index is 13.9. The topological polar surface area (TPSA) is 96.0 Å². The van der Waals surface area contributed by atoms with E-state index >= 15 is 0 Å². The molecular formula is C31H38FN3O5S. The standard InChI is InChI=1S/C31H38FN3O5S/c1-5-7-20-33-31(37)24(4)34(21-25-10-8-23(3)9-11-25)30(36)22-35(27-14-12-26(32)13-15-27)41(38,39)29-18-16-28(17-19-29)40-6-2/h8-19,24H,5-7,20-22H2,1-4H3,(H,33,37)/t24-/m1/s1. The predicted octanol–water partition coefficient (Wildman–Crippen LogP) is 5.06. The minimum Gasteiger partial charge on any atom is -0.494 e. The van der Waals surface area contributed by atoms with Gasteiger partial charge >= 0.3 is 0 Å². The first-order chi connectivity index (χ1) is 19.6. The van der Waals surface area contributed by atoms with E-state index in [1.807, 2.05) is 45.0 Å². The Labute approximate surface area is 242 Å². The molecule has 0 aliphatic heterocycles. The minimum atomic E-state index is -4.26. The molecule has 3 aromatic rings. The molecule has 0 radical (unpaired) electrons. The van der Waals surface area contributed by atoms with Gasteiger partial charge in [-0.3, -0.25) is 13.9 Å². The lowest BCUT2D eigenvalue weighted by molar-refractivity contribution is -0.139. The molecule has 0 aliphatic carbocycles. The monoisotopic (exact) mass is 583 g/mol. The highest BCUT2D eigenvalue weighted by molar-refractivity contribution is 7.92. The summed E-state index contributed by atoms with van der Waals surface area (Å²) in [6, 6.07) is 17.4. The maximum atomic E-state index is 13.9. The Bertz CT molecular complexity index is 1400. The summed E-state index contributed by atoms with van der Waals surface area (Å²) in [5, 5.41) is 2.86. The van der Waals surface area contributed by atoms with E-state index in [0.717, 1.165) is 40.4 Å². The van der Waals surface area contributed by atoms with Crippen molar-refractivity contribution < 1.29 is 27.1 Å². The predicted molar refractivity (Wildman–Crippen MR) is 158 cm³/mol. The summed E-state index contributed by atoms with van der Waals surface area (Å²) in [7, 11) is -4.26. The molecule has 220 valence electrons. The van der Waals surface area contributed by atoms with Gasteiger partial charge in [0, 0.05) is 13.1 Å². The molecule has 0 aromatic heterocycles. The first-order valence-corrected chi connectivity index (χ1v) is 15.1. The number of sulfonamides is 1. The van der Waals surface area contributed by atoms with Gasteiger partial charge in [-0.1, -0.05) is 43.2 Å². The van der Waals surface area contributed by atoms with Gasteiger partial charge in [-0.15, -0.1) is 0 Å². The Balaban J connectivity index is 1.98. The number of amides is 2. The molecule has 3 aromatic carbocycles. The molecule has 2 amide bonds. The molecule has 3 rings (SSSR count). The van der Waals surface area contributed by atoms with E-state index in [-0.39, 0.29) is 23.0 Å². The molecule has 0 unspecified atom stereocenters. The zero-order valence-corrected chi connectivity index (χ0v) is 24.8. The third-order valence-corrected chi connectivity index (χ3v) is 8.37. The fourth-order valence-electron chi connectivity index (χ4n) is 4.15. The Morgan fingerprint density at radius 3 is 2.17 bits per heavy atom. The van der Waals surface area contributed by atoms with Gasteiger partial charge in [-0.2, -0.15) is 0 Å². The van der Waals surface area contributed by atoms with Crippen molar-refractivity contribution in [2.45, 2.75) is 58.0 Å². The molecule has 10 heteroatoms. The van der Waals surface area contributed by atoms with E-state index in [4.69, 9.17) is 4.74 Å². The molecule has 0 saturated carbocycles. The SMILES string of the molecule is CCCCNC(=O)[C@@H](C)N(Cc1ccc(C)cc1)C(=O)CN(c1ccc(F)cc1)S(=O)(=O)c1ccc(OCC)cc1. The smallest absolute Gasteiger partial charge is 0.264 e. The lowest BCUT2D eigenvalue weighted by Gasteiger charge is -2.32. The Morgan fingerprint density at radius 1 is 0.951 bits per heavy atom. The van der Waals surface area contributed by atoms with Gasteiger partial charge in [0.05, 0.1) is 17.2 Å². The second kappa shape index (κ2) is 14.6. The van der Waals surface area contributed by atoms with Crippen LogP contribution in [-0.4, -0.2) is 50.9 Å². The number of nitrogens with one attached hydrogen (secondary N) is 1. The molecule has 0 aliphatic rings. The maximum Gasteiger partial charge on any atom is 0.264 e. The van der Waals surface area contributed by atoms with Gasteiger partial charge in [-0.05, 0) is 81.3 Å². The van der Waals surface area contributed by atoms with Gasteiger partial charge in [0.15, 0.2) is 0 Å². The highest BCUT2D eigenvalue weighted by atomic mass is 32.2. The lowest BCUT2D eigenvalue weighted by atomic mass is 10.1. The summed E-state index contributed by atoms with van der Waals surface area (Å²) in [6.45, 7) is 7.79.